The number of fused-ring (bicyclic) bond motifs is 1. The number of likely N-dealkylation sites (N-methyl/N-ethyl adjacent to an activating group) is 1. The Labute approximate surface area is 215 Å². The largest absolute Gasteiger partial charge is 0.485 e. The molecule has 4 amide bonds. The maximum Gasteiger partial charge on any atom is 0.321 e. The van der Waals surface area contributed by atoms with Crippen LogP contribution in [0.4, 0.5) is 20.6 Å². The van der Waals surface area contributed by atoms with Gasteiger partial charge in [0.15, 0.2) is 5.75 Å². The van der Waals surface area contributed by atoms with E-state index in [-0.39, 0.29) is 48.1 Å². The van der Waals surface area contributed by atoms with Gasteiger partial charge in [0.05, 0.1) is 30.4 Å². The molecule has 1 aliphatic heterocycles. The SMILES string of the molecule is C[C@H](CO)N1C[C@H](C)[C@H](CN(C)C(=O)Nc2ccc(F)cc2)Oc2c(NC(=O)C3CC3)cccc2C1=O. The molecule has 0 radical (unpaired) electrons. The van der Waals surface area contributed by atoms with Crippen molar-refractivity contribution in [3.63, 3.8) is 0 Å². The van der Waals surface area contributed by atoms with Crippen LogP contribution in [0.15, 0.2) is 42.5 Å². The van der Waals surface area contributed by atoms with Gasteiger partial charge in [0.25, 0.3) is 5.91 Å². The average Bonchev–Trinajstić information content (AvgIpc) is 3.73. The van der Waals surface area contributed by atoms with E-state index < -0.39 is 24.0 Å². The zero-order chi connectivity index (χ0) is 26.7. The molecule has 4 rings (SSSR count). The number of benzene rings is 2. The molecule has 2 aromatic rings. The number of rotatable bonds is 7. The lowest BCUT2D eigenvalue weighted by Gasteiger charge is -2.38. The van der Waals surface area contributed by atoms with Crippen molar-refractivity contribution in [1.29, 1.82) is 0 Å². The summed E-state index contributed by atoms with van der Waals surface area (Å²) in [6.07, 6.45) is 1.12. The molecule has 1 aliphatic carbocycles. The van der Waals surface area contributed by atoms with Crippen molar-refractivity contribution in [3.05, 3.63) is 53.8 Å². The molecular weight excluding hydrogens is 479 g/mol. The first-order valence-corrected chi connectivity index (χ1v) is 12.5. The first-order valence-electron chi connectivity index (χ1n) is 12.5. The van der Waals surface area contributed by atoms with Crippen LogP contribution in [0, 0.1) is 17.7 Å². The summed E-state index contributed by atoms with van der Waals surface area (Å²) in [7, 11) is 1.62. The third kappa shape index (κ3) is 6.19. The second-order valence-electron chi connectivity index (χ2n) is 9.89. The highest BCUT2D eigenvalue weighted by Crippen LogP contribution is 2.37. The Hall–Kier alpha value is -3.66. The minimum Gasteiger partial charge on any atom is -0.485 e. The molecule has 0 aromatic heterocycles. The van der Waals surface area contributed by atoms with E-state index >= 15 is 0 Å². The van der Waals surface area contributed by atoms with Crippen molar-refractivity contribution in [3.8, 4) is 5.75 Å². The summed E-state index contributed by atoms with van der Waals surface area (Å²) < 4.78 is 19.6. The molecule has 3 atom stereocenters. The number of para-hydroxylation sites is 1. The van der Waals surface area contributed by atoms with Crippen molar-refractivity contribution in [2.24, 2.45) is 11.8 Å². The Kier molecular flexibility index (Phi) is 7.97. The van der Waals surface area contributed by atoms with E-state index in [9.17, 15) is 23.9 Å². The van der Waals surface area contributed by atoms with Gasteiger partial charge in [-0.15, -0.1) is 0 Å². The summed E-state index contributed by atoms with van der Waals surface area (Å²) in [5.74, 6) is -0.830. The van der Waals surface area contributed by atoms with E-state index in [0.29, 0.717) is 17.9 Å². The number of urea groups is 1. The lowest BCUT2D eigenvalue weighted by Crippen LogP contribution is -2.50. The van der Waals surface area contributed by atoms with E-state index in [0.717, 1.165) is 12.8 Å². The Morgan fingerprint density at radius 3 is 2.54 bits per heavy atom. The normalized spacial score (nSPS) is 20.1. The molecule has 0 bridgehead atoms. The van der Waals surface area contributed by atoms with Crippen LogP contribution in [0.3, 0.4) is 0 Å². The molecule has 10 heteroatoms. The standard InChI is InChI=1S/C27H33FN4O5/c1-16-13-32(17(2)15-33)26(35)21-5-4-6-22(30-25(34)18-7-8-18)24(21)37-23(16)14-31(3)27(36)29-20-11-9-19(28)10-12-20/h4-6,9-12,16-18,23,33H,7-8,13-15H2,1-3H3,(H,29,36)(H,30,34)/t16-,17+,23-/m0/s1. The molecule has 9 nitrogen and oxygen atoms in total. The Balaban J connectivity index is 1.61. The fraction of sp³-hybridized carbons (Fsp3) is 0.444. The molecule has 3 N–H and O–H groups in total. The van der Waals surface area contributed by atoms with E-state index in [1.54, 1.807) is 37.1 Å². The molecule has 2 aromatic carbocycles. The maximum atomic E-state index is 13.5. The number of aliphatic hydroxyl groups excluding tert-OH is 1. The van der Waals surface area contributed by atoms with Crippen molar-refractivity contribution in [2.45, 2.75) is 38.8 Å². The number of nitrogens with one attached hydrogen (secondary N) is 2. The van der Waals surface area contributed by atoms with Crippen LogP contribution in [-0.2, 0) is 4.79 Å². The third-order valence-corrected chi connectivity index (χ3v) is 6.79. The predicted octanol–water partition coefficient (Wildman–Crippen LogP) is 3.56. The average molecular weight is 513 g/mol. The Morgan fingerprint density at radius 2 is 1.89 bits per heavy atom. The lowest BCUT2D eigenvalue weighted by molar-refractivity contribution is -0.117. The van der Waals surface area contributed by atoms with Crippen molar-refractivity contribution < 1.29 is 28.6 Å². The lowest BCUT2D eigenvalue weighted by atomic mass is 9.99. The van der Waals surface area contributed by atoms with Crippen molar-refractivity contribution >= 4 is 29.2 Å². The van der Waals surface area contributed by atoms with Gasteiger partial charge >= 0.3 is 6.03 Å². The first-order chi connectivity index (χ1) is 17.7. The second kappa shape index (κ2) is 11.2. The third-order valence-electron chi connectivity index (χ3n) is 6.79. The quantitative estimate of drug-likeness (QED) is 0.525. The highest BCUT2D eigenvalue weighted by atomic mass is 19.1. The van der Waals surface area contributed by atoms with Crippen LogP contribution < -0.4 is 15.4 Å². The van der Waals surface area contributed by atoms with Crippen LogP contribution in [0.2, 0.25) is 0 Å². The number of aliphatic hydroxyl groups is 1. The summed E-state index contributed by atoms with van der Waals surface area (Å²) in [5.41, 5.74) is 1.13. The van der Waals surface area contributed by atoms with Gasteiger partial charge in [0, 0.05) is 31.1 Å². The minimum absolute atomic E-state index is 0.0398. The highest BCUT2D eigenvalue weighted by Gasteiger charge is 2.36. The van der Waals surface area contributed by atoms with Crippen LogP contribution >= 0.6 is 0 Å². The first kappa shape index (κ1) is 26.4. The fourth-order valence-electron chi connectivity index (χ4n) is 4.24. The summed E-state index contributed by atoms with van der Waals surface area (Å²) in [6, 6.07) is 9.65. The summed E-state index contributed by atoms with van der Waals surface area (Å²) in [4.78, 5) is 42.0. The summed E-state index contributed by atoms with van der Waals surface area (Å²) in [5, 5.41) is 15.4. The molecule has 2 aliphatic rings. The van der Waals surface area contributed by atoms with Gasteiger partial charge in [-0.05, 0) is 56.2 Å². The van der Waals surface area contributed by atoms with Gasteiger partial charge in [0.1, 0.15) is 11.9 Å². The molecule has 0 unspecified atom stereocenters. The van der Waals surface area contributed by atoms with E-state index in [1.807, 2.05) is 6.92 Å². The molecular formula is C27H33FN4O5. The van der Waals surface area contributed by atoms with Gasteiger partial charge in [-0.2, -0.15) is 0 Å². The number of carbonyl (C=O) groups is 3. The van der Waals surface area contributed by atoms with E-state index in [4.69, 9.17) is 4.74 Å². The maximum absolute atomic E-state index is 13.5. The number of anilines is 2. The number of nitrogens with zero attached hydrogens (tertiary/aromatic N) is 2. The predicted molar refractivity (Wildman–Crippen MR) is 137 cm³/mol. The van der Waals surface area contributed by atoms with Gasteiger partial charge in [-0.1, -0.05) is 13.0 Å². The Bertz CT molecular complexity index is 1150. The molecule has 0 spiro atoms. The molecule has 198 valence electrons. The zero-order valence-corrected chi connectivity index (χ0v) is 21.2. The number of ether oxygens (including phenoxy) is 1. The second-order valence-corrected chi connectivity index (χ2v) is 9.89. The van der Waals surface area contributed by atoms with Gasteiger partial charge in [0.2, 0.25) is 5.91 Å². The molecule has 1 fully saturated rings. The number of amides is 4. The Morgan fingerprint density at radius 1 is 1.19 bits per heavy atom. The molecule has 37 heavy (non-hydrogen) atoms. The van der Waals surface area contributed by atoms with Gasteiger partial charge in [-0.25, -0.2) is 9.18 Å². The van der Waals surface area contributed by atoms with E-state index in [1.165, 1.54) is 29.2 Å². The topological polar surface area (TPSA) is 111 Å². The molecule has 1 saturated carbocycles. The van der Waals surface area contributed by atoms with Gasteiger partial charge < -0.3 is 30.3 Å². The van der Waals surface area contributed by atoms with Crippen LogP contribution in [0.1, 0.15) is 37.0 Å². The van der Waals surface area contributed by atoms with Crippen LogP contribution in [-0.4, -0.2) is 71.6 Å². The van der Waals surface area contributed by atoms with Crippen molar-refractivity contribution in [1.82, 2.24) is 9.80 Å². The van der Waals surface area contributed by atoms with Crippen LogP contribution in [0.25, 0.3) is 0 Å². The van der Waals surface area contributed by atoms with Gasteiger partial charge in [-0.3, -0.25) is 9.59 Å². The summed E-state index contributed by atoms with van der Waals surface area (Å²) >= 11 is 0. The number of hydrogen-bond acceptors (Lipinski definition) is 5. The van der Waals surface area contributed by atoms with Crippen LogP contribution in [0.5, 0.6) is 5.75 Å². The van der Waals surface area contributed by atoms with Crippen molar-refractivity contribution in [2.75, 3.05) is 37.4 Å². The fourth-order valence-corrected chi connectivity index (χ4v) is 4.24. The number of carbonyl (C=O) groups excluding carboxylic acids is 3. The molecule has 0 saturated heterocycles. The molecule has 1 heterocycles. The smallest absolute Gasteiger partial charge is 0.321 e. The monoisotopic (exact) mass is 512 g/mol. The van der Waals surface area contributed by atoms with E-state index in [2.05, 4.69) is 10.6 Å². The minimum atomic E-state index is -0.539. The number of hydrogen-bond donors (Lipinski definition) is 3. The number of halogens is 1. The zero-order valence-electron chi connectivity index (χ0n) is 21.2. The summed E-state index contributed by atoms with van der Waals surface area (Å²) in [6.45, 7) is 3.95. The highest BCUT2D eigenvalue weighted by molar-refractivity contribution is 6.02.